The minimum atomic E-state index is -0.547. The molecular weight excluding hydrogens is 218 g/mol. The number of nitrogens with zero attached hydrogens (tertiary/aromatic N) is 1. The number of nitrogens with one attached hydrogen (secondary N) is 1. The summed E-state index contributed by atoms with van der Waals surface area (Å²) >= 11 is 5.76. The fourth-order valence-electron chi connectivity index (χ4n) is 1.06. The summed E-state index contributed by atoms with van der Waals surface area (Å²) < 4.78 is 0. The number of benzene rings is 1. The number of amides is 1. The van der Waals surface area contributed by atoms with E-state index in [1.54, 1.807) is 18.2 Å². The molecule has 0 saturated heterocycles. The monoisotopic (exact) mass is 227 g/mol. The van der Waals surface area contributed by atoms with Gasteiger partial charge in [-0.2, -0.15) is 0 Å². The first kappa shape index (κ1) is 11.5. The van der Waals surface area contributed by atoms with Gasteiger partial charge in [0.05, 0.1) is 0 Å². The lowest BCUT2D eigenvalue weighted by atomic mass is 10.2. The molecule has 0 heterocycles. The Labute approximate surface area is 91.5 Å². The molecule has 1 aromatic rings. The van der Waals surface area contributed by atoms with E-state index in [-0.39, 0.29) is 6.54 Å². The van der Waals surface area contributed by atoms with Crippen molar-refractivity contribution in [3.05, 3.63) is 28.8 Å². The first-order valence-electron chi connectivity index (χ1n) is 4.14. The molecule has 1 aromatic carbocycles. The van der Waals surface area contributed by atoms with E-state index in [0.717, 1.165) is 11.8 Å². The number of hydrogen-bond donors (Lipinski definition) is 3. The summed E-state index contributed by atoms with van der Waals surface area (Å²) in [6.07, 6.45) is 0.751. The molecule has 15 heavy (non-hydrogen) atoms. The van der Waals surface area contributed by atoms with Gasteiger partial charge in [-0.05, 0) is 17.7 Å². The van der Waals surface area contributed by atoms with Crippen LogP contribution in [0.4, 0.5) is 5.69 Å². The molecule has 0 atom stereocenters. The Hall–Kier alpha value is -1.59. The van der Waals surface area contributed by atoms with Gasteiger partial charge in [0.1, 0.15) is 6.21 Å². The average molecular weight is 228 g/mol. The maximum atomic E-state index is 11.1. The van der Waals surface area contributed by atoms with E-state index in [9.17, 15) is 4.79 Å². The quantitative estimate of drug-likeness (QED) is 0.412. The van der Waals surface area contributed by atoms with Gasteiger partial charge < -0.3 is 16.3 Å². The molecule has 5 nitrogen and oxygen atoms in total. The van der Waals surface area contributed by atoms with Crippen LogP contribution in [0.1, 0.15) is 5.56 Å². The van der Waals surface area contributed by atoms with Crippen LogP contribution in [0.5, 0.6) is 0 Å². The summed E-state index contributed by atoms with van der Waals surface area (Å²) in [7, 11) is 0. The second-order valence-corrected chi connectivity index (χ2v) is 3.18. The van der Waals surface area contributed by atoms with Gasteiger partial charge in [-0.1, -0.05) is 22.8 Å². The fraction of sp³-hybridized carbons (Fsp3) is 0.111. The van der Waals surface area contributed by atoms with Crippen LogP contribution in [0, 0.1) is 0 Å². The van der Waals surface area contributed by atoms with Crippen molar-refractivity contribution in [3.8, 4) is 0 Å². The van der Waals surface area contributed by atoms with E-state index in [1.807, 2.05) is 0 Å². The number of nitrogens with two attached hydrogens (primary N) is 1. The van der Waals surface area contributed by atoms with Crippen molar-refractivity contribution >= 4 is 29.4 Å². The van der Waals surface area contributed by atoms with Gasteiger partial charge in [0.15, 0.2) is 0 Å². The highest BCUT2D eigenvalue weighted by Crippen LogP contribution is 2.20. The Morgan fingerprint density at radius 2 is 2.40 bits per heavy atom. The summed E-state index contributed by atoms with van der Waals surface area (Å²) in [6.45, 7) is 0.281. The Balaban J connectivity index is 2.91. The van der Waals surface area contributed by atoms with Gasteiger partial charge in [0.2, 0.25) is 0 Å². The summed E-state index contributed by atoms with van der Waals surface area (Å²) in [5.74, 6) is -0.547. The minimum absolute atomic E-state index is 0.281. The topological polar surface area (TPSA) is 87.7 Å². The van der Waals surface area contributed by atoms with Gasteiger partial charge in [0, 0.05) is 17.3 Å². The highest BCUT2D eigenvalue weighted by molar-refractivity contribution is 6.33. The Morgan fingerprint density at radius 1 is 1.67 bits per heavy atom. The standard InChI is InChI=1S/C9H10ClN3O2/c10-7-2-1-6(4-11)8(3-7)13-9(14)5-12-15/h1-3,5,15H,4,11H2,(H,13,14). The van der Waals surface area contributed by atoms with Crippen LogP contribution in [0.2, 0.25) is 5.02 Å². The molecule has 0 unspecified atom stereocenters. The molecule has 0 aliphatic carbocycles. The summed E-state index contributed by atoms with van der Waals surface area (Å²) in [6, 6.07) is 4.97. The smallest absolute Gasteiger partial charge is 0.270 e. The number of hydrogen-bond acceptors (Lipinski definition) is 4. The van der Waals surface area contributed by atoms with Crippen molar-refractivity contribution in [2.24, 2.45) is 10.9 Å². The lowest BCUT2D eigenvalue weighted by Crippen LogP contribution is -2.15. The lowest BCUT2D eigenvalue weighted by molar-refractivity contribution is -0.110. The number of carbonyl (C=O) groups is 1. The molecule has 0 spiro atoms. The van der Waals surface area contributed by atoms with Crippen LogP contribution < -0.4 is 11.1 Å². The lowest BCUT2D eigenvalue weighted by Gasteiger charge is -2.07. The maximum Gasteiger partial charge on any atom is 0.270 e. The number of carbonyl (C=O) groups excluding carboxylic acids is 1. The van der Waals surface area contributed by atoms with Crippen LogP contribution in [0.15, 0.2) is 23.4 Å². The SMILES string of the molecule is NCc1ccc(Cl)cc1NC(=O)C=NO. The van der Waals surface area contributed by atoms with Crippen molar-refractivity contribution in [1.82, 2.24) is 0 Å². The molecule has 0 fully saturated rings. The van der Waals surface area contributed by atoms with Crippen molar-refractivity contribution in [1.29, 1.82) is 0 Å². The molecule has 0 aliphatic rings. The van der Waals surface area contributed by atoms with E-state index >= 15 is 0 Å². The first-order valence-corrected chi connectivity index (χ1v) is 4.52. The first-order chi connectivity index (χ1) is 7.17. The second kappa shape index (κ2) is 5.33. The van der Waals surface area contributed by atoms with E-state index in [4.69, 9.17) is 22.5 Å². The van der Waals surface area contributed by atoms with E-state index < -0.39 is 5.91 Å². The molecule has 0 bridgehead atoms. The van der Waals surface area contributed by atoms with E-state index in [1.165, 1.54) is 0 Å². The molecular formula is C9H10ClN3O2. The van der Waals surface area contributed by atoms with Gasteiger partial charge in [0.25, 0.3) is 5.91 Å². The molecule has 1 rings (SSSR count). The molecule has 0 radical (unpaired) electrons. The zero-order chi connectivity index (χ0) is 11.3. The molecule has 0 aliphatic heterocycles. The van der Waals surface area contributed by atoms with Gasteiger partial charge >= 0.3 is 0 Å². The van der Waals surface area contributed by atoms with Crippen molar-refractivity contribution in [3.63, 3.8) is 0 Å². The largest absolute Gasteiger partial charge is 0.411 e. The third-order valence-electron chi connectivity index (χ3n) is 1.72. The van der Waals surface area contributed by atoms with Gasteiger partial charge in [-0.15, -0.1) is 0 Å². The summed E-state index contributed by atoms with van der Waals surface area (Å²) in [5.41, 5.74) is 6.73. The molecule has 1 amide bonds. The van der Waals surface area contributed by atoms with E-state index in [0.29, 0.717) is 10.7 Å². The molecule has 6 heteroatoms. The molecule has 4 N–H and O–H groups in total. The second-order valence-electron chi connectivity index (χ2n) is 2.74. The van der Waals surface area contributed by atoms with Crippen molar-refractivity contribution in [2.45, 2.75) is 6.54 Å². The molecule has 0 aromatic heterocycles. The number of anilines is 1. The molecule has 80 valence electrons. The Bertz CT molecular complexity index is 393. The van der Waals surface area contributed by atoms with Gasteiger partial charge in [-0.3, -0.25) is 4.79 Å². The number of rotatable bonds is 3. The van der Waals surface area contributed by atoms with Crippen LogP contribution in [-0.4, -0.2) is 17.3 Å². The Kier molecular flexibility index (Phi) is 4.08. The predicted octanol–water partition coefficient (Wildman–Crippen LogP) is 1.20. The van der Waals surface area contributed by atoms with Crippen LogP contribution in [0.25, 0.3) is 0 Å². The third-order valence-corrected chi connectivity index (χ3v) is 1.96. The predicted molar refractivity (Wildman–Crippen MR) is 58.3 cm³/mol. The van der Waals surface area contributed by atoms with Crippen molar-refractivity contribution in [2.75, 3.05) is 5.32 Å². The highest BCUT2D eigenvalue weighted by Gasteiger charge is 2.04. The summed E-state index contributed by atoms with van der Waals surface area (Å²) in [5, 5.41) is 13.7. The normalized spacial score (nSPS) is 10.5. The Morgan fingerprint density at radius 3 is 3.00 bits per heavy atom. The zero-order valence-electron chi connectivity index (χ0n) is 7.77. The van der Waals surface area contributed by atoms with Crippen LogP contribution in [0.3, 0.4) is 0 Å². The van der Waals surface area contributed by atoms with E-state index in [2.05, 4.69) is 10.5 Å². The third kappa shape index (κ3) is 3.23. The highest BCUT2D eigenvalue weighted by atomic mass is 35.5. The zero-order valence-corrected chi connectivity index (χ0v) is 8.53. The average Bonchev–Trinajstić information content (AvgIpc) is 2.18. The molecule has 0 saturated carbocycles. The minimum Gasteiger partial charge on any atom is -0.411 e. The van der Waals surface area contributed by atoms with Crippen LogP contribution >= 0.6 is 11.6 Å². The van der Waals surface area contributed by atoms with Crippen molar-refractivity contribution < 1.29 is 10.0 Å². The van der Waals surface area contributed by atoms with Gasteiger partial charge in [-0.25, -0.2) is 0 Å². The number of halogens is 1. The fourth-order valence-corrected chi connectivity index (χ4v) is 1.23. The number of oxime groups is 1. The van der Waals surface area contributed by atoms with Crippen LogP contribution in [-0.2, 0) is 11.3 Å². The summed E-state index contributed by atoms with van der Waals surface area (Å²) in [4.78, 5) is 11.1. The maximum absolute atomic E-state index is 11.1.